The monoisotopic (exact) mass is 303 g/mol. The summed E-state index contributed by atoms with van der Waals surface area (Å²) in [7, 11) is 1.35. The zero-order chi connectivity index (χ0) is 15.4. The molecule has 0 unspecified atom stereocenters. The Bertz CT molecular complexity index is 654. The maximum Gasteiger partial charge on any atom is 0.340 e. The topological polar surface area (TPSA) is 78.1 Å². The third kappa shape index (κ3) is 3.72. The highest BCUT2D eigenvalue weighted by atomic mass is 32.2. The molecule has 1 aromatic carbocycles. The van der Waals surface area contributed by atoms with Crippen molar-refractivity contribution in [3.8, 4) is 0 Å². The number of esters is 1. The summed E-state index contributed by atoms with van der Waals surface area (Å²) >= 11 is 1.47. The predicted octanol–water partition coefficient (Wildman–Crippen LogP) is 2.75. The van der Waals surface area contributed by atoms with Gasteiger partial charge in [-0.05, 0) is 31.5 Å². The zero-order valence-electron chi connectivity index (χ0n) is 12.2. The van der Waals surface area contributed by atoms with Gasteiger partial charge in [0.1, 0.15) is 0 Å². The van der Waals surface area contributed by atoms with Crippen LogP contribution in [0.15, 0.2) is 29.4 Å². The molecule has 0 spiro atoms. The van der Waals surface area contributed by atoms with E-state index in [9.17, 15) is 4.79 Å². The van der Waals surface area contributed by atoms with Crippen LogP contribution < -0.4 is 5.73 Å². The minimum absolute atomic E-state index is 0.414. The van der Waals surface area contributed by atoms with Crippen LogP contribution in [0.2, 0.25) is 0 Å². The quantitative estimate of drug-likeness (QED) is 0.405. The molecule has 2 rings (SSSR count). The predicted molar refractivity (Wildman–Crippen MR) is 83.3 cm³/mol. The summed E-state index contributed by atoms with van der Waals surface area (Å²) in [5.74, 6) is 0.128. The lowest BCUT2D eigenvalue weighted by Gasteiger charge is -2.10. The van der Waals surface area contributed by atoms with Crippen molar-refractivity contribution in [3.63, 3.8) is 0 Å². The number of thioether (sulfide) groups is 1. The standard InChI is InChI=1S/C15H17N3O2S/c1-9-7-10(2)18-15(17-9)21-8-11-5-4-6-12(16)13(11)14(19)20-3/h4-7H,8,16H2,1-3H3. The van der Waals surface area contributed by atoms with E-state index in [0.717, 1.165) is 17.0 Å². The van der Waals surface area contributed by atoms with Gasteiger partial charge in [-0.1, -0.05) is 23.9 Å². The Hall–Kier alpha value is -2.08. The second-order valence-electron chi connectivity index (χ2n) is 4.59. The number of hydrogen-bond acceptors (Lipinski definition) is 6. The van der Waals surface area contributed by atoms with Gasteiger partial charge in [-0.15, -0.1) is 0 Å². The van der Waals surface area contributed by atoms with Crippen molar-refractivity contribution in [1.82, 2.24) is 9.97 Å². The molecular formula is C15H17N3O2S. The molecule has 0 atom stereocenters. The molecule has 21 heavy (non-hydrogen) atoms. The molecule has 0 amide bonds. The molecule has 0 aliphatic heterocycles. The van der Waals surface area contributed by atoms with Gasteiger partial charge in [-0.25, -0.2) is 14.8 Å². The van der Waals surface area contributed by atoms with Gasteiger partial charge in [-0.2, -0.15) is 0 Å². The summed E-state index contributed by atoms with van der Waals surface area (Å²) in [5.41, 5.74) is 9.36. The molecule has 0 aliphatic carbocycles. The molecule has 0 fully saturated rings. The number of ether oxygens (including phenoxy) is 1. The molecule has 110 valence electrons. The average Bonchev–Trinajstić information content (AvgIpc) is 2.43. The second-order valence-corrected chi connectivity index (χ2v) is 5.54. The van der Waals surface area contributed by atoms with Crippen LogP contribution in [0.4, 0.5) is 5.69 Å². The van der Waals surface area contributed by atoms with Gasteiger partial charge in [0.2, 0.25) is 0 Å². The van der Waals surface area contributed by atoms with Crippen molar-refractivity contribution < 1.29 is 9.53 Å². The number of carbonyl (C=O) groups excluding carboxylic acids is 1. The van der Waals surface area contributed by atoms with E-state index < -0.39 is 5.97 Å². The molecule has 5 nitrogen and oxygen atoms in total. The van der Waals surface area contributed by atoms with E-state index in [1.165, 1.54) is 18.9 Å². The number of benzene rings is 1. The van der Waals surface area contributed by atoms with Crippen molar-refractivity contribution in [2.75, 3.05) is 12.8 Å². The molecule has 0 aliphatic rings. The number of carbonyl (C=O) groups is 1. The Balaban J connectivity index is 2.24. The Morgan fingerprint density at radius 1 is 1.29 bits per heavy atom. The van der Waals surface area contributed by atoms with Gasteiger partial charge in [-0.3, -0.25) is 0 Å². The third-order valence-electron chi connectivity index (χ3n) is 2.89. The highest BCUT2D eigenvalue weighted by Gasteiger charge is 2.15. The van der Waals surface area contributed by atoms with E-state index in [2.05, 4.69) is 9.97 Å². The van der Waals surface area contributed by atoms with E-state index in [1.54, 1.807) is 6.07 Å². The number of nitrogen functional groups attached to an aromatic ring is 1. The van der Waals surface area contributed by atoms with Crippen LogP contribution in [0.3, 0.4) is 0 Å². The molecule has 2 N–H and O–H groups in total. The van der Waals surface area contributed by atoms with Crippen LogP contribution in [-0.2, 0) is 10.5 Å². The second kappa shape index (κ2) is 6.58. The summed E-state index contributed by atoms with van der Waals surface area (Å²) in [5, 5.41) is 0.686. The van der Waals surface area contributed by atoms with E-state index in [1.807, 2.05) is 32.0 Å². The van der Waals surface area contributed by atoms with Crippen molar-refractivity contribution in [3.05, 3.63) is 46.8 Å². The maximum atomic E-state index is 11.8. The van der Waals surface area contributed by atoms with Crippen LogP contribution in [0, 0.1) is 13.8 Å². The van der Waals surface area contributed by atoms with Crippen molar-refractivity contribution in [2.45, 2.75) is 24.8 Å². The zero-order valence-corrected chi connectivity index (χ0v) is 13.0. The fraction of sp³-hybridized carbons (Fsp3) is 0.267. The number of methoxy groups -OCH3 is 1. The van der Waals surface area contributed by atoms with Crippen molar-refractivity contribution in [1.29, 1.82) is 0 Å². The lowest BCUT2D eigenvalue weighted by molar-refractivity contribution is 0.0601. The third-order valence-corrected chi connectivity index (χ3v) is 3.79. The summed E-state index contributed by atoms with van der Waals surface area (Å²) < 4.78 is 4.79. The van der Waals surface area contributed by atoms with E-state index in [-0.39, 0.29) is 0 Å². The maximum absolute atomic E-state index is 11.8. The fourth-order valence-electron chi connectivity index (χ4n) is 1.99. The first kappa shape index (κ1) is 15.3. The molecule has 0 saturated heterocycles. The molecule has 2 aromatic rings. The Morgan fingerprint density at radius 2 is 1.95 bits per heavy atom. The number of hydrogen-bond donors (Lipinski definition) is 1. The number of nitrogens with zero attached hydrogens (tertiary/aromatic N) is 2. The summed E-state index contributed by atoms with van der Waals surface area (Å²) in [4.78, 5) is 20.6. The molecule has 0 radical (unpaired) electrons. The van der Waals surface area contributed by atoms with Crippen LogP contribution >= 0.6 is 11.8 Å². The van der Waals surface area contributed by atoms with E-state index in [4.69, 9.17) is 10.5 Å². The lowest BCUT2D eigenvalue weighted by atomic mass is 10.1. The minimum Gasteiger partial charge on any atom is -0.465 e. The highest BCUT2D eigenvalue weighted by Crippen LogP contribution is 2.25. The molecule has 1 heterocycles. The first-order chi connectivity index (χ1) is 10.0. The van der Waals surface area contributed by atoms with Gasteiger partial charge < -0.3 is 10.5 Å². The minimum atomic E-state index is -0.426. The SMILES string of the molecule is COC(=O)c1c(N)cccc1CSc1nc(C)cc(C)n1. The first-order valence-corrected chi connectivity index (χ1v) is 7.40. The van der Waals surface area contributed by atoms with Crippen LogP contribution in [0.1, 0.15) is 27.3 Å². The Kier molecular flexibility index (Phi) is 4.80. The number of aromatic nitrogens is 2. The van der Waals surface area contributed by atoms with E-state index in [0.29, 0.717) is 22.2 Å². The highest BCUT2D eigenvalue weighted by molar-refractivity contribution is 7.98. The Morgan fingerprint density at radius 3 is 2.57 bits per heavy atom. The van der Waals surface area contributed by atoms with Gasteiger partial charge >= 0.3 is 5.97 Å². The number of rotatable bonds is 4. The summed E-state index contributed by atoms with van der Waals surface area (Å²) in [6, 6.07) is 7.29. The number of aryl methyl sites for hydroxylation is 2. The fourth-order valence-corrected chi connectivity index (χ4v) is 2.93. The lowest BCUT2D eigenvalue weighted by Crippen LogP contribution is -2.09. The van der Waals surface area contributed by atoms with Gasteiger partial charge in [0.05, 0.1) is 12.7 Å². The first-order valence-electron chi connectivity index (χ1n) is 6.42. The van der Waals surface area contributed by atoms with Crippen molar-refractivity contribution >= 4 is 23.4 Å². The van der Waals surface area contributed by atoms with Gasteiger partial charge in [0.25, 0.3) is 0 Å². The smallest absolute Gasteiger partial charge is 0.340 e. The number of nitrogens with two attached hydrogens (primary N) is 1. The normalized spacial score (nSPS) is 10.4. The molecule has 0 saturated carbocycles. The van der Waals surface area contributed by atoms with Crippen LogP contribution in [0.5, 0.6) is 0 Å². The van der Waals surface area contributed by atoms with Crippen LogP contribution in [-0.4, -0.2) is 23.0 Å². The Labute approximate surface area is 127 Å². The van der Waals surface area contributed by atoms with Gasteiger partial charge in [0, 0.05) is 22.8 Å². The molecule has 1 aromatic heterocycles. The number of anilines is 1. The van der Waals surface area contributed by atoms with E-state index >= 15 is 0 Å². The molecule has 6 heteroatoms. The van der Waals surface area contributed by atoms with Crippen molar-refractivity contribution in [2.24, 2.45) is 0 Å². The van der Waals surface area contributed by atoms with Crippen LogP contribution in [0.25, 0.3) is 0 Å². The summed E-state index contributed by atoms with van der Waals surface area (Å²) in [6.07, 6.45) is 0. The summed E-state index contributed by atoms with van der Waals surface area (Å²) in [6.45, 7) is 3.86. The molecule has 0 bridgehead atoms. The average molecular weight is 303 g/mol. The molecular weight excluding hydrogens is 286 g/mol. The van der Waals surface area contributed by atoms with Gasteiger partial charge in [0.15, 0.2) is 5.16 Å². The largest absolute Gasteiger partial charge is 0.465 e.